The van der Waals surface area contributed by atoms with Gasteiger partial charge in [-0.05, 0) is 41.7 Å². The molecule has 4 heteroatoms. The zero-order valence-electron chi connectivity index (χ0n) is 19.1. The Balaban J connectivity index is 1.38. The van der Waals surface area contributed by atoms with Gasteiger partial charge >= 0.3 is 0 Å². The van der Waals surface area contributed by atoms with Gasteiger partial charge in [-0.1, -0.05) is 74.5 Å². The van der Waals surface area contributed by atoms with Crippen LogP contribution in [0.3, 0.4) is 0 Å². The minimum Gasteiger partial charge on any atom is -0.375 e. The maximum absolute atomic E-state index is 13.6. The van der Waals surface area contributed by atoms with E-state index in [2.05, 4.69) is 49.1 Å². The smallest absolute Gasteiger partial charge is 0.259 e. The molecular formula is C27H36N2O2. The molecule has 0 bridgehead atoms. The molecule has 1 amide bonds. The molecule has 1 saturated carbocycles. The summed E-state index contributed by atoms with van der Waals surface area (Å²) in [6, 6.07) is 20.2. The number of carbonyl (C=O) groups is 1. The zero-order valence-corrected chi connectivity index (χ0v) is 19.1. The van der Waals surface area contributed by atoms with E-state index in [4.69, 9.17) is 0 Å². The van der Waals surface area contributed by atoms with E-state index < -0.39 is 5.60 Å². The molecule has 1 N–H and O–H groups in total. The van der Waals surface area contributed by atoms with Gasteiger partial charge in [-0.2, -0.15) is 0 Å². The van der Waals surface area contributed by atoms with Crippen LogP contribution in [0.15, 0.2) is 60.7 Å². The average molecular weight is 421 g/mol. The van der Waals surface area contributed by atoms with Gasteiger partial charge in [-0.3, -0.25) is 9.69 Å². The van der Waals surface area contributed by atoms with E-state index in [1.807, 2.05) is 37.4 Å². The standard InChI is InChI=1S/C27H36N2O2/c1-4-21(5-2)27(31,22-14-10-7-11-15-22)26(30)28(3)17-23-24-18-29(19-25(23)24)16-20-12-8-6-9-13-20/h6-15,21,23-25,31H,4-5,16-19H2,1-3H3. The third kappa shape index (κ3) is 4.28. The molecule has 2 fully saturated rings. The van der Waals surface area contributed by atoms with Crippen LogP contribution in [0.1, 0.15) is 37.8 Å². The number of amides is 1. The molecule has 166 valence electrons. The van der Waals surface area contributed by atoms with Gasteiger partial charge < -0.3 is 10.0 Å². The normalized spacial score (nSPS) is 24.6. The summed E-state index contributed by atoms with van der Waals surface area (Å²) in [4.78, 5) is 17.9. The lowest BCUT2D eigenvalue weighted by Crippen LogP contribution is -2.50. The van der Waals surface area contributed by atoms with Gasteiger partial charge in [-0.15, -0.1) is 0 Å². The highest BCUT2D eigenvalue weighted by Gasteiger charge is 2.56. The first kappa shape index (κ1) is 22.0. The van der Waals surface area contributed by atoms with Gasteiger partial charge in [0.1, 0.15) is 0 Å². The molecule has 2 aliphatic rings. The summed E-state index contributed by atoms with van der Waals surface area (Å²) in [6.07, 6.45) is 1.54. The SMILES string of the molecule is CCC(CC)C(O)(C(=O)N(C)CC1C2CN(Cc3ccccc3)CC21)c1ccccc1. The minimum atomic E-state index is -1.46. The first-order valence-electron chi connectivity index (χ1n) is 11.8. The van der Waals surface area contributed by atoms with E-state index in [1.54, 1.807) is 4.90 Å². The second-order valence-electron chi connectivity index (χ2n) is 9.50. The van der Waals surface area contributed by atoms with Gasteiger partial charge in [0.15, 0.2) is 5.60 Å². The second-order valence-corrected chi connectivity index (χ2v) is 9.50. The third-order valence-electron chi connectivity index (χ3n) is 7.64. The van der Waals surface area contributed by atoms with Crippen LogP contribution in [-0.2, 0) is 16.9 Å². The van der Waals surface area contributed by atoms with Crippen LogP contribution < -0.4 is 0 Å². The van der Waals surface area contributed by atoms with Crippen molar-refractivity contribution in [3.63, 3.8) is 0 Å². The lowest BCUT2D eigenvalue weighted by Gasteiger charge is -2.37. The van der Waals surface area contributed by atoms with E-state index in [1.165, 1.54) is 5.56 Å². The van der Waals surface area contributed by atoms with Crippen LogP contribution >= 0.6 is 0 Å². The summed E-state index contributed by atoms with van der Waals surface area (Å²) in [5, 5.41) is 11.7. The number of benzene rings is 2. The summed E-state index contributed by atoms with van der Waals surface area (Å²) in [7, 11) is 1.87. The number of hydrogen-bond donors (Lipinski definition) is 1. The number of carbonyl (C=O) groups excluding carboxylic acids is 1. The van der Waals surface area contributed by atoms with Crippen molar-refractivity contribution >= 4 is 5.91 Å². The Morgan fingerprint density at radius 2 is 1.58 bits per heavy atom. The van der Waals surface area contributed by atoms with Gasteiger partial charge in [0, 0.05) is 39.1 Å². The highest BCUT2D eigenvalue weighted by molar-refractivity contribution is 5.86. The maximum Gasteiger partial charge on any atom is 0.259 e. The fourth-order valence-electron chi connectivity index (χ4n) is 5.77. The van der Waals surface area contributed by atoms with Gasteiger partial charge in [0.2, 0.25) is 0 Å². The molecule has 3 unspecified atom stereocenters. The van der Waals surface area contributed by atoms with Crippen molar-refractivity contribution in [2.75, 3.05) is 26.7 Å². The van der Waals surface area contributed by atoms with Crippen LogP contribution in [0.5, 0.6) is 0 Å². The Bertz CT molecular complexity index is 855. The largest absolute Gasteiger partial charge is 0.375 e. The average Bonchev–Trinajstić information content (AvgIpc) is 3.23. The lowest BCUT2D eigenvalue weighted by molar-refractivity contribution is -0.159. The molecule has 4 nitrogen and oxygen atoms in total. The zero-order chi connectivity index (χ0) is 22.0. The van der Waals surface area contributed by atoms with Crippen molar-refractivity contribution in [3.8, 4) is 0 Å². The monoisotopic (exact) mass is 420 g/mol. The molecule has 2 aromatic rings. The summed E-state index contributed by atoms with van der Waals surface area (Å²) < 4.78 is 0. The fourth-order valence-corrected chi connectivity index (χ4v) is 5.77. The van der Waals surface area contributed by atoms with Crippen molar-refractivity contribution < 1.29 is 9.90 Å². The number of fused-ring (bicyclic) bond motifs is 1. The molecule has 0 aromatic heterocycles. The molecule has 4 rings (SSSR count). The van der Waals surface area contributed by atoms with Crippen LogP contribution in [0.25, 0.3) is 0 Å². The second kappa shape index (κ2) is 9.13. The van der Waals surface area contributed by atoms with Crippen LogP contribution in [0.4, 0.5) is 0 Å². The Morgan fingerprint density at radius 3 is 2.13 bits per heavy atom. The lowest BCUT2D eigenvalue weighted by atomic mass is 9.77. The summed E-state index contributed by atoms with van der Waals surface area (Å²) in [5.74, 6) is 1.67. The fraction of sp³-hybridized carbons (Fsp3) is 0.519. The van der Waals surface area contributed by atoms with E-state index >= 15 is 0 Å². The van der Waals surface area contributed by atoms with Gasteiger partial charge in [-0.25, -0.2) is 0 Å². The molecule has 0 radical (unpaired) electrons. The highest BCUT2D eigenvalue weighted by Crippen LogP contribution is 2.52. The maximum atomic E-state index is 13.6. The van der Waals surface area contributed by atoms with Crippen molar-refractivity contribution in [3.05, 3.63) is 71.8 Å². The molecule has 2 aromatic carbocycles. The number of rotatable bonds is 9. The first-order chi connectivity index (χ1) is 15.0. The van der Waals surface area contributed by atoms with Crippen LogP contribution in [0, 0.1) is 23.7 Å². The molecule has 3 atom stereocenters. The van der Waals surface area contributed by atoms with Crippen LogP contribution in [-0.4, -0.2) is 47.5 Å². The first-order valence-corrected chi connectivity index (χ1v) is 11.8. The summed E-state index contributed by atoms with van der Waals surface area (Å²) in [6.45, 7) is 8.09. The molecule has 31 heavy (non-hydrogen) atoms. The Kier molecular flexibility index (Phi) is 6.49. The summed E-state index contributed by atoms with van der Waals surface area (Å²) >= 11 is 0. The number of likely N-dealkylation sites (tertiary alicyclic amines) is 1. The van der Waals surface area contributed by atoms with Crippen molar-refractivity contribution in [2.24, 2.45) is 23.7 Å². The van der Waals surface area contributed by atoms with E-state index in [0.717, 1.165) is 39.0 Å². The predicted molar refractivity (Wildman–Crippen MR) is 124 cm³/mol. The van der Waals surface area contributed by atoms with Crippen molar-refractivity contribution in [1.29, 1.82) is 0 Å². The Morgan fingerprint density at radius 1 is 1.03 bits per heavy atom. The third-order valence-corrected chi connectivity index (χ3v) is 7.64. The van der Waals surface area contributed by atoms with E-state index in [-0.39, 0.29) is 11.8 Å². The molecular weight excluding hydrogens is 384 g/mol. The number of aliphatic hydroxyl groups is 1. The van der Waals surface area contributed by atoms with E-state index in [0.29, 0.717) is 23.3 Å². The topological polar surface area (TPSA) is 43.8 Å². The highest BCUT2D eigenvalue weighted by atomic mass is 16.3. The minimum absolute atomic E-state index is 0.0927. The quantitative estimate of drug-likeness (QED) is 0.663. The molecule has 1 heterocycles. The number of likely N-dealkylation sites (N-methyl/N-ethyl adjacent to an activating group) is 1. The molecule has 1 aliphatic carbocycles. The van der Waals surface area contributed by atoms with Crippen LogP contribution in [0.2, 0.25) is 0 Å². The Labute approximate surface area is 186 Å². The molecule has 1 aliphatic heterocycles. The number of hydrogen-bond acceptors (Lipinski definition) is 3. The summed E-state index contributed by atoms with van der Waals surface area (Å²) in [5.41, 5.74) is 0.624. The van der Waals surface area contributed by atoms with E-state index in [9.17, 15) is 9.90 Å². The number of nitrogens with zero attached hydrogens (tertiary/aromatic N) is 2. The van der Waals surface area contributed by atoms with Gasteiger partial charge in [0.05, 0.1) is 0 Å². The van der Waals surface area contributed by atoms with Gasteiger partial charge in [0.25, 0.3) is 5.91 Å². The number of piperidine rings is 1. The molecule has 0 spiro atoms. The molecule has 1 saturated heterocycles. The van der Waals surface area contributed by atoms with Crippen molar-refractivity contribution in [1.82, 2.24) is 9.80 Å². The van der Waals surface area contributed by atoms with Crippen molar-refractivity contribution in [2.45, 2.75) is 38.8 Å². The Hall–Kier alpha value is -2.17. The predicted octanol–water partition coefficient (Wildman–Crippen LogP) is 4.15.